The summed E-state index contributed by atoms with van der Waals surface area (Å²) >= 11 is 1.26. The SMILES string of the molecule is Cc1c(NC(=O)C(C)Sc2ccc([N+](=O)[O-])cc2)c(=O)n(-c2ccccc2)n1C. The molecule has 1 atom stereocenters. The number of nitrogens with zero attached hydrogens (tertiary/aromatic N) is 3. The third-order valence-corrected chi connectivity index (χ3v) is 5.64. The normalized spacial score (nSPS) is 11.8. The highest BCUT2D eigenvalue weighted by molar-refractivity contribution is 8.00. The second-order valence-electron chi connectivity index (χ2n) is 6.44. The molecule has 2 aromatic carbocycles. The average molecular weight is 412 g/mol. The van der Waals surface area contributed by atoms with Crippen LogP contribution in [0.1, 0.15) is 12.6 Å². The number of carbonyl (C=O) groups is 1. The summed E-state index contributed by atoms with van der Waals surface area (Å²) in [5.74, 6) is -0.320. The van der Waals surface area contributed by atoms with Crippen molar-refractivity contribution in [3.05, 3.63) is 80.8 Å². The molecule has 0 spiro atoms. The van der Waals surface area contributed by atoms with Gasteiger partial charge in [-0.3, -0.25) is 24.4 Å². The molecule has 0 radical (unpaired) electrons. The highest BCUT2D eigenvalue weighted by atomic mass is 32.2. The number of amides is 1. The quantitative estimate of drug-likeness (QED) is 0.379. The van der Waals surface area contributed by atoms with Gasteiger partial charge in [0.1, 0.15) is 5.69 Å². The molecule has 1 unspecified atom stereocenters. The van der Waals surface area contributed by atoms with Crippen LogP contribution in [0, 0.1) is 17.0 Å². The van der Waals surface area contributed by atoms with Crippen LogP contribution in [0.15, 0.2) is 64.3 Å². The molecular weight excluding hydrogens is 392 g/mol. The van der Waals surface area contributed by atoms with E-state index in [0.717, 1.165) is 4.90 Å². The number of aromatic nitrogens is 2. The van der Waals surface area contributed by atoms with Gasteiger partial charge in [0, 0.05) is 24.1 Å². The average Bonchev–Trinajstić information content (AvgIpc) is 2.92. The van der Waals surface area contributed by atoms with Gasteiger partial charge in [-0.25, -0.2) is 4.68 Å². The molecule has 0 aliphatic rings. The molecule has 9 heteroatoms. The van der Waals surface area contributed by atoms with E-state index in [0.29, 0.717) is 11.4 Å². The number of nitro benzene ring substituents is 1. The maximum atomic E-state index is 12.9. The molecule has 150 valence electrons. The van der Waals surface area contributed by atoms with E-state index < -0.39 is 10.2 Å². The fourth-order valence-electron chi connectivity index (χ4n) is 2.84. The first-order chi connectivity index (χ1) is 13.8. The summed E-state index contributed by atoms with van der Waals surface area (Å²) in [4.78, 5) is 36.5. The minimum Gasteiger partial charge on any atom is -0.319 e. The van der Waals surface area contributed by atoms with Gasteiger partial charge >= 0.3 is 0 Å². The molecule has 8 nitrogen and oxygen atoms in total. The van der Waals surface area contributed by atoms with Crippen molar-refractivity contribution in [1.29, 1.82) is 0 Å². The van der Waals surface area contributed by atoms with Crippen molar-refractivity contribution in [2.24, 2.45) is 7.05 Å². The lowest BCUT2D eigenvalue weighted by Gasteiger charge is -2.11. The van der Waals surface area contributed by atoms with Crippen LogP contribution in [0.4, 0.5) is 11.4 Å². The minimum absolute atomic E-state index is 0.00664. The molecular formula is C20H20N4O4S. The Hall–Kier alpha value is -3.33. The first-order valence-electron chi connectivity index (χ1n) is 8.85. The van der Waals surface area contributed by atoms with Crippen molar-refractivity contribution in [3.8, 4) is 5.69 Å². The number of non-ortho nitro benzene ring substituents is 1. The van der Waals surface area contributed by atoms with Crippen LogP contribution < -0.4 is 10.9 Å². The van der Waals surface area contributed by atoms with Crippen molar-refractivity contribution in [2.45, 2.75) is 24.0 Å². The largest absolute Gasteiger partial charge is 0.319 e. The maximum Gasteiger partial charge on any atom is 0.295 e. The second kappa shape index (κ2) is 8.36. The zero-order valence-corrected chi connectivity index (χ0v) is 17.0. The van der Waals surface area contributed by atoms with E-state index in [9.17, 15) is 19.7 Å². The Morgan fingerprint density at radius 1 is 1.14 bits per heavy atom. The molecule has 1 amide bonds. The molecule has 3 rings (SSSR count). The van der Waals surface area contributed by atoms with E-state index >= 15 is 0 Å². The van der Waals surface area contributed by atoms with Gasteiger partial charge in [-0.2, -0.15) is 0 Å². The number of para-hydroxylation sites is 1. The van der Waals surface area contributed by atoms with E-state index in [2.05, 4.69) is 5.32 Å². The number of nitro groups is 1. The van der Waals surface area contributed by atoms with Crippen LogP contribution in [-0.4, -0.2) is 25.4 Å². The van der Waals surface area contributed by atoms with Crippen LogP contribution >= 0.6 is 11.8 Å². The predicted octanol–water partition coefficient (Wildman–Crippen LogP) is 3.51. The summed E-state index contributed by atoms with van der Waals surface area (Å²) in [7, 11) is 1.76. The number of thioether (sulfide) groups is 1. The Balaban J connectivity index is 1.78. The minimum atomic E-state index is -0.499. The maximum absolute atomic E-state index is 12.9. The number of benzene rings is 2. The van der Waals surface area contributed by atoms with Crippen LogP contribution in [-0.2, 0) is 11.8 Å². The van der Waals surface area contributed by atoms with Crippen molar-refractivity contribution in [1.82, 2.24) is 9.36 Å². The van der Waals surface area contributed by atoms with Crippen LogP contribution in [0.5, 0.6) is 0 Å². The van der Waals surface area contributed by atoms with E-state index in [4.69, 9.17) is 0 Å². The van der Waals surface area contributed by atoms with Gasteiger partial charge in [0.15, 0.2) is 0 Å². The summed E-state index contributed by atoms with van der Waals surface area (Å²) in [5, 5.41) is 13.0. The predicted molar refractivity (Wildman–Crippen MR) is 113 cm³/mol. The first kappa shape index (κ1) is 20.4. The van der Waals surface area contributed by atoms with Crippen LogP contribution in [0.2, 0.25) is 0 Å². The molecule has 0 aliphatic heterocycles. The van der Waals surface area contributed by atoms with Crippen LogP contribution in [0.25, 0.3) is 5.69 Å². The standard InChI is InChI=1S/C20H20N4O4S/c1-13-18(20(26)23(22(13)3)15-7-5-4-6-8-15)21-19(25)14(2)29-17-11-9-16(10-12-17)24(27)28/h4-12,14H,1-3H3,(H,21,25). The number of rotatable bonds is 6. The molecule has 3 aromatic rings. The third-order valence-electron chi connectivity index (χ3n) is 4.53. The second-order valence-corrected chi connectivity index (χ2v) is 7.85. The third kappa shape index (κ3) is 4.24. The van der Waals surface area contributed by atoms with E-state index in [-0.39, 0.29) is 22.8 Å². The van der Waals surface area contributed by atoms with Crippen molar-refractivity contribution in [3.63, 3.8) is 0 Å². The van der Waals surface area contributed by atoms with E-state index in [1.54, 1.807) is 37.7 Å². The number of anilines is 1. The molecule has 1 N–H and O–H groups in total. The molecule has 0 bridgehead atoms. The van der Waals surface area contributed by atoms with Crippen molar-refractivity contribution >= 4 is 29.0 Å². The molecule has 0 saturated carbocycles. The lowest BCUT2D eigenvalue weighted by Crippen LogP contribution is -2.27. The van der Waals surface area contributed by atoms with Crippen molar-refractivity contribution < 1.29 is 9.72 Å². The zero-order chi connectivity index (χ0) is 21.1. The zero-order valence-electron chi connectivity index (χ0n) is 16.2. The molecule has 1 heterocycles. The van der Waals surface area contributed by atoms with Gasteiger partial charge in [-0.15, -0.1) is 11.8 Å². The van der Waals surface area contributed by atoms with Gasteiger partial charge in [0.25, 0.3) is 11.2 Å². The van der Waals surface area contributed by atoms with Crippen LogP contribution in [0.3, 0.4) is 0 Å². The smallest absolute Gasteiger partial charge is 0.295 e. The fraction of sp³-hybridized carbons (Fsp3) is 0.200. The number of hydrogen-bond acceptors (Lipinski definition) is 5. The van der Waals surface area contributed by atoms with Gasteiger partial charge in [-0.1, -0.05) is 18.2 Å². The summed E-state index contributed by atoms with van der Waals surface area (Å²) in [6.45, 7) is 3.49. The number of carbonyl (C=O) groups excluding carboxylic acids is 1. The lowest BCUT2D eigenvalue weighted by molar-refractivity contribution is -0.384. The highest BCUT2D eigenvalue weighted by Crippen LogP contribution is 2.26. The topological polar surface area (TPSA) is 99.2 Å². The fourth-order valence-corrected chi connectivity index (χ4v) is 3.71. The monoisotopic (exact) mass is 412 g/mol. The van der Waals surface area contributed by atoms with E-state index in [1.807, 2.05) is 30.3 Å². The summed E-state index contributed by atoms with van der Waals surface area (Å²) < 4.78 is 3.19. The van der Waals surface area contributed by atoms with Gasteiger partial charge in [0.2, 0.25) is 5.91 Å². The number of nitrogens with one attached hydrogen (secondary N) is 1. The Labute approximate surface area is 171 Å². The van der Waals surface area contributed by atoms with Gasteiger partial charge < -0.3 is 5.32 Å². The summed E-state index contributed by atoms with van der Waals surface area (Å²) in [5.41, 5.74) is 1.26. The first-order valence-corrected chi connectivity index (χ1v) is 9.73. The molecule has 0 fully saturated rings. The Bertz CT molecular complexity index is 1100. The molecule has 0 saturated heterocycles. The van der Waals surface area contributed by atoms with Gasteiger partial charge in [0.05, 0.1) is 21.6 Å². The highest BCUT2D eigenvalue weighted by Gasteiger charge is 2.21. The van der Waals surface area contributed by atoms with Crippen molar-refractivity contribution in [2.75, 3.05) is 5.32 Å². The molecule has 29 heavy (non-hydrogen) atoms. The lowest BCUT2D eigenvalue weighted by atomic mass is 10.3. The summed E-state index contributed by atoms with van der Waals surface area (Å²) in [6.07, 6.45) is 0. The molecule has 1 aromatic heterocycles. The number of hydrogen-bond donors (Lipinski definition) is 1. The molecule has 0 aliphatic carbocycles. The Kier molecular flexibility index (Phi) is 5.88. The Morgan fingerprint density at radius 2 is 1.76 bits per heavy atom. The van der Waals surface area contributed by atoms with E-state index in [1.165, 1.54) is 28.6 Å². The van der Waals surface area contributed by atoms with Gasteiger partial charge in [-0.05, 0) is 38.1 Å². The summed E-state index contributed by atoms with van der Waals surface area (Å²) in [6, 6.07) is 15.2. The Morgan fingerprint density at radius 3 is 2.34 bits per heavy atom.